The molecule has 1 aliphatic rings. The Morgan fingerprint density at radius 2 is 1.62 bits per heavy atom. The van der Waals surface area contributed by atoms with Gasteiger partial charge in [-0.15, -0.1) is 0 Å². The van der Waals surface area contributed by atoms with Crippen LogP contribution in [-0.4, -0.2) is 42.5 Å². The highest BCUT2D eigenvalue weighted by atomic mass is 16.6. The number of piperazine rings is 1. The minimum absolute atomic E-state index is 0.142. The maximum Gasteiger partial charge on any atom is 0.269 e. The van der Waals surface area contributed by atoms with Crippen LogP contribution in [0.3, 0.4) is 0 Å². The average molecular weight is 323 g/mol. The molecule has 0 spiro atoms. The summed E-state index contributed by atoms with van der Waals surface area (Å²) >= 11 is 0. The van der Waals surface area contributed by atoms with Crippen LogP contribution >= 0.6 is 0 Å². The van der Waals surface area contributed by atoms with Crippen LogP contribution in [0.1, 0.15) is 5.56 Å². The van der Waals surface area contributed by atoms with Crippen molar-refractivity contribution in [2.24, 2.45) is 0 Å². The van der Waals surface area contributed by atoms with Crippen molar-refractivity contribution in [1.82, 2.24) is 4.90 Å². The lowest BCUT2D eigenvalue weighted by atomic mass is 10.2. The van der Waals surface area contributed by atoms with Gasteiger partial charge in [-0.25, -0.2) is 0 Å². The molecule has 1 heterocycles. The van der Waals surface area contributed by atoms with Crippen LogP contribution < -0.4 is 4.90 Å². The van der Waals surface area contributed by atoms with Gasteiger partial charge >= 0.3 is 0 Å². The fourth-order valence-electron chi connectivity index (χ4n) is 2.88. The van der Waals surface area contributed by atoms with Crippen molar-refractivity contribution in [3.63, 3.8) is 0 Å². The largest absolute Gasteiger partial charge is 0.369 e. The summed E-state index contributed by atoms with van der Waals surface area (Å²) in [5, 5.41) is 10.7. The van der Waals surface area contributed by atoms with Gasteiger partial charge in [-0.05, 0) is 17.7 Å². The van der Waals surface area contributed by atoms with Gasteiger partial charge in [0.25, 0.3) is 5.69 Å². The van der Waals surface area contributed by atoms with E-state index in [1.54, 1.807) is 12.1 Å². The monoisotopic (exact) mass is 323 g/mol. The van der Waals surface area contributed by atoms with Crippen molar-refractivity contribution < 1.29 is 4.92 Å². The normalized spacial score (nSPS) is 15.8. The first-order valence-electron chi connectivity index (χ1n) is 8.16. The van der Waals surface area contributed by atoms with E-state index in [0.29, 0.717) is 0 Å². The second kappa shape index (κ2) is 7.75. The summed E-state index contributed by atoms with van der Waals surface area (Å²) in [6.07, 6.45) is 4.36. The maximum atomic E-state index is 10.7. The quantitative estimate of drug-likeness (QED) is 0.625. The molecule has 0 bridgehead atoms. The zero-order valence-corrected chi connectivity index (χ0v) is 13.5. The van der Waals surface area contributed by atoms with E-state index < -0.39 is 0 Å². The van der Waals surface area contributed by atoms with E-state index >= 15 is 0 Å². The number of anilines is 1. The third-order valence-corrected chi connectivity index (χ3v) is 4.27. The first kappa shape index (κ1) is 16.2. The maximum absolute atomic E-state index is 10.7. The molecular weight excluding hydrogens is 302 g/mol. The minimum atomic E-state index is -0.360. The summed E-state index contributed by atoms with van der Waals surface area (Å²) in [4.78, 5) is 15.0. The molecule has 0 atom stereocenters. The number of nitrogens with zero attached hydrogens (tertiary/aromatic N) is 3. The molecule has 0 amide bonds. The Morgan fingerprint density at radius 3 is 2.25 bits per heavy atom. The minimum Gasteiger partial charge on any atom is -0.369 e. The molecule has 0 unspecified atom stereocenters. The van der Waals surface area contributed by atoms with Crippen molar-refractivity contribution in [1.29, 1.82) is 0 Å². The Labute approximate surface area is 142 Å². The molecule has 0 radical (unpaired) electrons. The SMILES string of the molecule is O=[N+]([O-])c1ccc(N2CCN(CC=Cc3ccccc3)CC2)cc1. The first-order valence-corrected chi connectivity index (χ1v) is 8.16. The van der Waals surface area contributed by atoms with Crippen LogP contribution in [0.4, 0.5) is 11.4 Å². The molecule has 1 fully saturated rings. The molecule has 5 heteroatoms. The fraction of sp³-hybridized carbons (Fsp3) is 0.263. The molecule has 1 saturated heterocycles. The van der Waals surface area contributed by atoms with Crippen LogP contribution in [0.15, 0.2) is 60.7 Å². The molecule has 5 nitrogen and oxygen atoms in total. The van der Waals surface area contributed by atoms with E-state index in [-0.39, 0.29) is 10.6 Å². The number of nitro benzene ring substituents is 1. The number of benzene rings is 2. The molecule has 0 N–H and O–H groups in total. The van der Waals surface area contributed by atoms with Crippen molar-refractivity contribution in [3.8, 4) is 0 Å². The second-order valence-electron chi connectivity index (χ2n) is 5.87. The Kier molecular flexibility index (Phi) is 5.23. The molecule has 24 heavy (non-hydrogen) atoms. The van der Waals surface area contributed by atoms with Crippen LogP contribution in [-0.2, 0) is 0 Å². The number of hydrogen-bond donors (Lipinski definition) is 0. The standard InChI is InChI=1S/C19H21N3O2/c23-22(24)19-10-8-18(9-11-19)21-15-13-20(14-16-21)12-4-7-17-5-2-1-3-6-17/h1-11H,12-16H2. The van der Waals surface area contributed by atoms with E-state index in [0.717, 1.165) is 38.4 Å². The smallest absolute Gasteiger partial charge is 0.269 e. The Hall–Kier alpha value is -2.66. The predicted molar refractivity (Wildman–Crippen MR) is 97.2 cm³/mol. The predicted octanol–water partition coefficient (Wildman–Crippen LogP) is 3.43. The van der Waals surface area contributed by atoms with Crippen molar-refractivity contribution in [2.75, 3.05) is 37.6 Å². The molecule has 124 valence electrons. The van der Waals surface area contributed by atoms with Crippen molar-refractivity contribution in [2.45, 2.75) is 0 Å². The van der Waals surface area contributed by atoms with Gasteiger partial charge in [0.1, 0.15) is 0 Å². The molecule has 0 aromatic heterocycles. The van der Waals surface area contributed by atoms with Gasteiger partial charge in [-0.3, -0.25) is 15.0 Å². The van der Waals surface area contributed by atoms with Gasteiger partial charge in [-0.2, -0.15) is 0 Å². The van der Waals surface area contributed by atoms with Crippen LogP contribution in [0.2, 0.25) is 0 Å². The highest BCUT2D eigenvalue weighted by Crippen LogP contribution is 2.20. The number of nitro groups is 1. The second-order valence-corrected chi connectivity index (χ2v) is 5.87. The molecule has 3 rings (SSSR count). The Morgan fingerprint density at radius 1 is 0.958 bits per heavy atom. The van der Waals surface area contributed by atoms with Gasteiger partial charge in [0.2, 0.25) is 0 Å². The topological polar surface area (TPSA) is 49.6 Å². The Bertz CT molecular complexity index is 690. The summed E-state index contributed by atoms with van der Waals surface area (Å²) in [6, 6.07) is 17.1. The summed E-state index contributed by atoms with van der Waals surface area (Å²) in [5.41, 5.74) is 2.42. The highest BCUT2D eigenvalue weighted by Gasteiger charge is 2.16. The summed E-state index contributed by atoms with van der Waals surface area (Å²) in [7, 11) is 0. The number of hydrogen-bond acceptors (Lipinski definition) is 4. The molecule has 0 saturated carbocycles. The fourth-order valence-corrected chi connectivity index (χ4v) is 2.88. The van der Waals surface area contributed by atoms with E-state index in [2.05, 4.69) is 34.1 Å². The van der Waals surface area contributed by atoms with E-state index in [4.69, 9.17) is 0 Å². The van der Waals surface area contributed by atoms with Gasteiger partial charge in [0, 0.05) is 50.5 Å². The summed E-state index contributed by atoms with van der Waals surface area (Å²) < 4.78 is 0. The lowest BCUT2D eigenvalue weighted by Gasteiger charge is -2.35. The highest BCUT2D eigenvalue weighted by molar-refractivity contribution is 5.51. The molecular formula is C19H21N3O2. The van der Waals surface area contributed by atoms with Crippen LogP contribution in [0.25, 0.3) is 6.08 Å². The molecule has 2 aromatic rings. The van der Waals surface area contributed by atoms with Gasteiger partial charge in [0.15, 0.2) is 0 Å². The third-order valence-electron chi connectivity index (χ3n) is 4.27. The van der Waals surface area contributed by atoms with Crippen molar-refractivity contribution >= 4 is 17.5 Å². The first-order chi connectivity index (χ1) is 11.7. The van der Waals surface area contributed by atoms with E-state index in [9.17, 15) is 10.1 Å². The molecule has 0 aliphatic carbocycles. The van der Waals surface area contributed by atoms with E-state index in [1.807, 2.05) is 30.3 Å². The number of non-ortho nitro benzene ring substituents is 1. The number of rotatable bonds is 5. The zero-order valence-electron chi connectivity index (χ0n) is 13.5. The zero-order chi connectivity index (χ0) is 16.8. The van der Waals surface area contributed by atoms with Crippen LogP contribution in [0.5, 0.6) is 0 Å². The van der Waals surface area contributed by atoms with Gasteiger partial charge < -0.3 is 4.90 Å². The van der Waals surface area contributed by atoms with E-state index in [1.165, 1.54) is 5.56 Å². The van der Waals surface area contributed by atoms with Crippen LogP contribution in [0, 0.1) is 10.1 Å². The summed E-state index contributed by atoms with van der Waals surface area (Å²) in [5.74, 6) is 0. The average Bonchev–Trinajstić information content (AvgIpc) is 2.63. The summed E-state index contributed by atoms with van der Waals surface area (Å²) in [6.45, 7) is 4.82. The lowest BCUT2D eigenvalue weighted by molar-refractivity contribution is -0.384. The van der Waals surface area contributed by atoms with Gasteiger partial charge in [-0.1, -0.05) is 42.5 Å². The third kappa shape index (κ3) is 4.20. The Balaban J connectivity index is 1.48. The molecule has 1 aliphatic heterocycles. The molecule has 2 aromatic carbocycles. The van der Waals surface area contributed by atoms with Crippen molar-refractivity contribution in [3.05, 3.63) is 76.4 Å². The lowest BCUT2D eigenvalue weighted by Crippen LogP contribution is -2.46. The van der Waals surface area contributed by atoms with Gasteiger partial charge in [0.05, 0.1) is 4.92 Å².